The van der Waals surface area contributed by atoms with E-state index >= 15 is 0 Å². The summed E-state index contributed by atoms with van der Waals surface area (Å²) in [6.07, 6.45) is 0. The number of aromatic nitrogens is 2. The molecule has 0 saturated heterocycles. The second kappa shape index (κ2) is 6.58. The van der Waals surface area contributed by atoms with E-state index in [9.17, 15) is 18.5 Å². The molecular weight excluding hydrogens is 372 g/mol. The topological polar surface area (TPSA) is 151 Å². The maximum absolute atomic E-state index is 11.3. The number of primary sulfonamides is 1. The number of nitro benzene ring substituents is 1. The monoisotopic (exact) mass is 382 g/mol. The van der Waals surface area contributed by atoms with Crippen molar-refractivity contribution in [3.63, 3.8) is 0 Å². The molecule has 0 atom stereocenters. The summed E-state index contributed by atoms with van der Waals surface area (Å²) in [5, 5.41) is 21.7. The van der Waals surface area contributed by atoms with Gasteiger partial charge in [-0.2, -0.15) is 4.98 Å². The molecule has 2 N–H and O–H groups in total. The summed E-state index contributed by atoms with van der Waals surface area (Å²) >= 11 is 1.43. The summed E-state index contributed by atoms with van der Waals surface area (Å²) < 4.78 is 32.9. The molecule has 0 radical (unpaired) electrons. The quantitative estimate of drug-likeness (QED) is 0.501. The molecule has 0 fully saturated rings. The van der Waals surface area contributed by atoms with Crippen molar-refractivity contribution in [2.45, 2.75) is 11.5 Å². The highest BCUT2D eigenvalue weighted by Gasteiger charge is 2.21. The Kier molecular flexibility index (Phi) is 4.48. The standard InChI is InChI=1S/C13H10N4O6S2/c14-25(20,21)8-3-4-10(9(6-8)17(18)19)22-7-12-15-13(16-23-12)11-2-1-5-24-11/h1-6H,7H2,(H2,14,20,21). The molecule has 2 heterocycles. The van der Waals surface area contributed by atoms with Crippen LogP contribution >= 0.6 is 11.3 Å². The molecule has 2 aromatic heterocycles. The second-order valence-electron chi connectivity index (χ2n) is 4.71. The van der Waals surface area contributed by atoms with Crippen LogP contribution in [0.1, 0.15) is 5.89 Å². The van der Waals surface area contributed by atoms with Gasteiger partial charge >= 0.3 is 5.69 Å². The third kappa shape index (κ3) is 3.81. The van der Waals surface area contributed by atoms with Crippen molar-refractivity contribution in [3.05, 3.63) is 51.7 Å². The number of sulfonamides is 1. The average molecular weight is 382 g/mol. The maximum Gasteiger partial charge on any atom is 0.312 e. The molecule has 1 aromatic carbocycles. The molecular formula is C13H10N4O6S2. The zero-order chi connectivity index (χ0) is 18.0. The van der Waals surface area contributed by atoms with Gasteiger partial charge in [-0.05, 0) is 23.6 Å². The molecule has 12 heteroatoms. The summed E-state index contributed by atoms with van der Waals surface area (Å²) in [7, 11) is -4.06. The number of hydrogen-bond acceptors (Lipinski definition) is 9. The molecule has 0 unspecified atom stereocenters. The highest BCUT2D eigenvalue weighted by atomic mass is 32.2. The molecule has 0 amide bonds. The number of rotatable bonds is 6. The first-order valence-corrected chi connectivity index (χ1v) is 9.07. The van der Waals surface area contributed by atoms with Crippen LogP contribution in [0, 0.1) is 10.1 Å². The first kappa shape index (κ1) is 17.0. The summed E-state index contributed by atoms with van der Waals surface area (Å²) in [6.45, 7) is -0.214. The molecule has 25 heavy (non-hydrogen) atoms. The molecule has 3 rings (SSSR count). The SMILES string of the molecule is NS(=O)(=O)c1ccc(OCc2nc(-c3cccs3)no2)c([N+](=O)[O-])c1. The predicted molar refractivity (Wildman–Crippen MR) is 86.4 cm³/mol. The fourth-order valence-corrected chi connectivity index (χ4v) is 3.08. The van der Waals surface area contributed by atoms with Gasteiger partial charge in [0.2, 0.25) is 15.8 Å². The average Bonchev–Trinajstić information content (AvgIpc) is 3.22. The van der Waals surface area contributed by atoms with Gasteiger partial charge in [0, 0.05) is 6.07 Å². The lowest BCUT2D eigenvalue weighted by Crippen LogP contribution is -2.12. The Balaban J connectivity index is 1.80. The molecule has 0 aliphatic carbocycles. The Labute approximate surface area is 145 Å². The molecule has 0 spiro atoms. The maximum atomic E-state index is 11.3. The third-order valence-corrected chi connectivity index (χ3v) is 4.79. The number of hydrogen-bond donors (Lipinski definition) is 1. The van der Waals surface area contributed by atoms with Crippen LogP contribution in [0.2, 0.25) is 0 Å². The zero-order valence-corrected chi connectivity index (χ0v) is 14.0. The van der Waals surface area contributed by atoms with Crippen molar-refractivity contribution in [3.8, 4) is 16.5 Å². The lowest BCUT2D eigenvalue weighted by molar-refractivity contribution is -0.386. The Bertz CT molecular complexity index is 1010. The number of thiophene rings is 1. The number of benzene rings is 1. The number of ether oxygens (including phenoxy) is 1. The van der Waals surface area contributed by atoms with E-state index in [1.807, 2.05) is 17.5 Å². The van der Waals surface area contributed by atoms with E-state index in [-0.39, 0.29) is 23.1 Å². The minimum atomic E-state index is -4.06. The van der Waals surface area contributed by atoms with Crippen molar-refractivity contribution >= 4 is 27.0 Å². The Morgan fingerprint density at radius 1 is 1.36 bits per heavy atom. The fourth-order valence-electron chi connectivity index (χ4n) is 1.90. The largest absolute Gasteiger partial charge is 0.477 e. The second-order valence-corrected chi connectivity index (χ2v) is 7.22. The summed E-state index contributed by atoms with van der Waals surface area (Å²) in [4.78, 5) is 14.9. The van der Waals surface area contributed by atoms with Gasteiger partial charge in [0.15, 0.2) is 12.4 Å². The van der Waals surface area contributed by atoms with E-state index < -0.39 is 20.6 Å². The molecule has 0 aliphatic heterocycles. The third-order valence-electron chi connectivity index (χ3n) is 3.02. The van der Waals surface area contributed by atoms with Crippen molar-refractivity contribution in [2.24, 2.45) is 5.14 Å². The van der Waals surface area contributed by atoms with Crippen LogP contribution in [0.25, 0.3) is 10.7 Å². The van der Waals surface area contributed by atoms with Crippen LogP contribution in [0.5, 0.6) is 5.75 Å². The van der Waals surface area contributed by atoms with Gasteiger partial charge in [0.05, 0.1) is 14.7 Å². The first-order chi connectivity index (χ1) is 11.8. The minimum Gasteiger partial charge on any atom is -0.477 e. The van der Waals surface area contributed by atoms with Crippen LogP contribution in [0.3, 0.4) is 0 Å². The molecule has 0 aliphatic rings. The van der Waals surface area contributed by atoms with Crippen molar-refractivity contribution in [1.82, 2.24) is 10.1 Å². The van der Waals surface area contributed by atoms with Gasteiger partial charge in [-0.1, -0.05) is 11.2 Å². The van der Waals surface area contributed by atoms with E-state index in [4.69, 9.17) is 14.4 Å². The first-order valence-electron chi connectivity index (χ1n) is 6.65. The Morgan fingerprint density at radius 3 is 2.80 bits per heavy atom. The van der Waals surface area contributed by atoms with Crippen LogP contribution in [0.4, 0.5) is 5.69 Å². The van der Waals surface area contributed by atoms with E-state index in [2.05, 4.69) is 10.1 Å². The van der Waals surface area contributed by atoms with Crippen molar-refractivity contribution in [1.29, 1.82) is 0 Å². The summed E-state index contributed by atoms with van der Waals surface area (Å²) in [5.74, 6) is 0.356. The highest BCUT2D eigenvalue weighted by Crippen LogP contribution is 2.30. The van der Waals surface area contributed by atoms with Crippen LogP contribution in [-0.2, 0) is 16.6 Å². The fraction of sp³-hybridized carbons (Fsp3) is 0.0769. The van der Waals surface area contributed by atoms with Crippen LogP contribution < -0.4 is 9.88 Å². The predicted octanol–water partition coefficient (Wildman–Crippen LogP) is 1.93. The molecule has 3 aromatic rings. The minimum absolute atomic E-state index is 0.119. The van der Waals surface area contributed by atoms with Gasteiger partial charge in [0.1, 0.15) is 0 Å². The highest BCUT2D eigenvalue weighted by molar-refractivity contribution is 7.89. The van der Waals surface area contributed by atoms with Gasteiger partial charge in [-0.25, -0.2) is 13.6 Å². The number of nitrogens with two attached hydrogens (primary N) is 1. The van der Waals surface area contributed by atoms with E-state index in [0.29, 0.717) is 5.82 Å². The molecule has 10 nitrogen and oxygen atoms in total. The Morgan fingerprint density at radius 2 is 2.16 bits per heavy atom. The molecule has 0 saturated carbocycles. The Hall–Kier alpha value is -2.83. The van der Waals surface area contributed by atoms with E-state index in [1.165, 1.54) is 11.3 Å². The van der Waals surface area contributed by atoms with Gasteiger partial charge in [-0.15, -0.1) is 11.3 Å². The summed E-state index contributed by atoms with van der Waals surface area (Å²) in [6, 6.07) is 6.74. The van der Waals surface area contributed by atoms with E-state index in [1.54, 1.807) is 0 Å². The zero-order valence-electron chi connectivity index (χ0n) is 12.4. The lowest BCUT2D eigenvalue weighted by atomic mass is 10.3. The van der Waals surface area contributed by atoms with Crippen LogP contribution in [0.15, 0.2) is 45.1 Å². The van der Waals surface area contributed by atoms with E-state index in [0.717, 1.165) is 23.1 Å². The van der Waals surface area contributed by atoms with Gasteiger partial charge in [0.25, 0.3) is 5.89 Å². The summed E-state index contributed by atoms with van der Waals surface area (Å²) in [5.41, 5.74) is -0.537. The number of nitro groups is 1. The normalized spacial score (nSPS) is 11.4. The van der Waals surface area contributed by atoms with Gasteiger partial charge < -0.3 is 9.26 Å². The van der Waals surface area contributed by atoms with Crippen LogP contribution in [-0.4, -0.2) is 23.5 Å². The lowest BCUT2D eigenvalue weighted by Gasteiger charge is -2.05. The van der Waals surface area contributed by atoms with Gasteiger partial charge in [-0.3, -0.25) is 10.1 Å². The molecule has 0 bridgehead atoms. The van der Waals surface area contributed by atoms with Crippen molar-refractivity contribution in [2.75, 3.05) is 0 Å². The van der Waals surface area contributed by atoms with Crippen molar-refractivity contribution < 1.29 is 22.6 Å². The molecule has 130 valence electrons. The smallest absolute Gasteiger partial charge is 0.312 e. The number of nitrogens with zero attached hydrogens (tertiary/aromatic N) is 3.